The van der Waals surface area contributed by atoms with Crippen LogP contribution in [0.4, 0.5) is 4.39 Å². The SMILES string of the molecule is COc1ccc([C@H]2CC(=O)C3=C(C2)N=C(C)C(C(=O)OC2CCCC2)[C@H]3c2ccccc2F)cc1. The first kappa shape index (κ1) is 23.5. The van der Waals surface area contributed by atoms with Crippen molar-refractivity contribution in [1.82, 2.24) is 0 Å². The predicted molar refractivity (Wildman–Crippen MR) is 131 cm³/mol. The zero-order valence-electron chi connectivity index (χ0n) is 20.1. The van der Waals surface area contributed by atoms with Gasteiger partial charge in [0.15, 0.2) is 5.78 Å². The first-order valence-electron chi connectivity index (χ1n) is 12.4. The molecule has 35 heavy (non-hydrogen) atoms. The number of benzene rings is 2. The summed E-state index contributed by atoms with van der Waals surface area (Å²) in [6.07, 6.45) is 4.48. The van der Waals surface area contributed by atoms with Crippen LogP contribution in [0.2, 0.25) is 0 Å². The second-order valence-corrected chi connectivity index (χ2v) is 9.74. The highest BCUT2D eigenvalue weighted by atomic mass is 19.1. The lowest BCUT2D eigenvalue weighted by molar-refractivity contribution is -0.151. The smallest absolute Gasteiger partial charge is 0.315 e. The van der Waals surface area contributed by atoms with Crippen LogP contribution in [-0.2, 0) is 14.3 Å². The third-order valence-electron chi connectivity index (χ3n) is 7.56. The number of nitrogens with zero attached hydrogens (tertiary/aromatic N) is 1. The molecular weight excluding hydrogens is 445 g/mol. The van der Waals surface area contributed by atoms with Gasteiger partial charge in [0.2, 0.25) is 0 Å². The van der Waals surface area contributed by atoms with E-state index in [1.165, 1.54) is 6.07 Å². The maximum absolute atomic E-state index is 15.1. The quantitative estimate of drug-likeness (QED) is 0.506. The average Bonchev–Trinajstić information content (AvgIpc) is 3.36. The molecule has 1 saturated carbocycles. The maximum Gasteiger partial charge on any atom is 0.315 e. The first-order valence-corrected chi connectivity index (χ1v) is 12.4. The molecule has 182 valence electrons. The molecule has 1 heterocycles. The molecule has 5 nitrogen and oxygen atoms in total. The molecule has 2 aromatic carbocycles. The molecule has 0 bridgehead atoms. The molecule has 1 unspecified atom stereocenters. The van der Waals surface area contributed by atoms with Gasteiger partial charge in [0.05, 0.1) is 7.11 Å². The Hall–Kier alpha value is -3.28. The number of ketones is 1. The molecule has 0 saturated heterocycles. The molecule has 1 fully saturated rings. The summed E-state index contributed by atoms with van der Waals surface area (Å²) in [4.78, 5) is 31.8. The van der Waals surface area contributed by atoms with Crippen molar-refractivity contribution < 1.29 is 23.5 Å². The number of Topliss-reactive ketones (excluding diaryl/α,β-unsaturated/α-hetero) is 1. The highest BCUT2D eigenvalue weighted by molar-refractivity contribution is 6.09. The summed E-state index contributed by atoms with van der Waals surface area (Å²) in [5.74, 6) is -1.76. The highest BCUT2D eigenvalue weighted by Gasteiger charge is 2.46. The predicted octanol–water partition coefficient (Wildman–Crippen LogP) is 5.90. The van der Waals surface area contributed by atoms with Gasteiger partial charge in [-0.3, -0.25) is 14.6 Å². The van der Waals surface area contributed by atoms with Crippen LogP contribution in [0.5, 0.6) is 5.75 Å². The van der Waals surface area contributed by atoms with Crippen molar-refractivity contribution in [2.24, 2.45) is 10.9 Å². The molecule has 0 amide bonds. The number of esters is 1. The Morgan fingerprint density at radius 3 is 2.43 bits per heavy atom. The van der Waals surface area contributed by atoms with Crippen molar-refractivity contribution in [3.8, 4) is 5.75 Å². The summed E-state index contributed by atoms with van der Waals surface area (Å²) in [6, 6.07) is 14.1. The lowest BCUT2D eigenvalue weighted by atomic mass is 9.69. The third kappa shape index (κ3) is 4.54. The molecular formula is C29H30FNO4. The number of carbonyl (C=O) groups is 2. The Labute approximate surface area is 205 Å². The summed E-state index contributed by atoms with van der Waals surface area (Å²) in [7, 11) is 1.62. The van der Waals surface area contributed by atoms with Crippen molar-refractivity contribution in [3.63, 3.8) is 0 Å². The van der Waals surface area contributed by atoms with E-state index in [-0.39, 0.29) is 24.2 Å². The molecule has 6 heteroatoms. The number of ether oxygens (including phenoxy) is 2. The number of halogens is 1. The number of methoxy groups -OCH3 is 1. The van der Waals surface area contributed by atoms with Crippen LogP contribution < -0.4 is 4.74 Å². The zero-order chi connectivity index (χ0) is 24.5. The fourth-order valence-electron chi connectivity index (χ4n) is 5.78. The number of rotatable bonds is 5. The van der Waals surface area contributed by atoms with E-state index in [1.54, 1.807) is 32.2 Å². The second kappa shape index (κ2) is 9.76. The van der Waals surface area contributed by atoms with Crippen LogP contribution in [0.3, 0.4) is 0 Å². The molecule has 0 spiro atoms. The largest absolute Gasteiger partial charge is 0.497 e. The molecule has 3 aliphatic rings. The van der Waals surface area contributed by atoms with E-state index >= 15 is 4.39 Å². The van der Waals surface area contributed by atoms with Gasteiger partial charge in [0.25, 0.3) is 0 Å². The minimum atomic E-state index is -0.812. The van der Waals surface area contributed by atoms with Gasteiger partial charge in [-0.15, -0.1) is 0 Å². The maximum atomic E-state index is 15.1. The Morgan fingerprint density at radius 2 is 1.74 bits per heavy atom. The molecule has 0 N–H and O–H groups in total. The minimum Gasteiger partial charge on any atom is -0.497 e. The normalized spacial score (nSPS) is 24.7. The third-order valence-corrected chi connectivity index (χ3v) is 7.56. The van der Waals surface area contributed by atoms with Gasteiger partial charge in [-0.2, -0.15) is 0 Å². The number of carbonyl (C=O) groups excluding carboxylic acids is 2. The van der Waals surface area contributed by atoms with Gasteiger partial charge in [0.1, 0.15) is 23.6 Å². The van der Waals surface area contributed by atoms with Crippen LogP contribution in [0.15, 0.2) is 64.8 Å². The van der Waals surface area contributed by atoms with Gasteiger partial charge >= 0.3 is 5.97 Å². The van der Waals surface area contributed by atoms with E-state index in [4.69, 9.17) is 14.5 Å². The van der Waals surface area contributed by atoms with Gasteiger partial charge in [-0.1, -0.05) is 30.3 Å². The van der Waals surface area contributed by atoms with Gasteiger partial charge in [-0.05, 0) is 74.3 Å². The Kier molecular flexibility index (Phi) is 6.54. The number of hydrogen-bond donors (Lipinski definition) is 0. The number of aliphatic imine (C=N–C) groups is 1. The molecule has 2 aromatic rings. The lowest BCUT2D eigenvalue weighted by Gasteiger charge is -2.37. The van der Waals surface area contributed by atoms with Crippen molar-refractivity contribution in [3.05, 3.63) is 76.7 Å². The van der Waals surface area contributed by atoms with E-state index in [0.29, 0.717) is 29.0 Å². The summed E-state index contributed by atoms with van der Waals surface area (Å²) >= 11 is 0. The number of allylic oxidation sites excluding steroid dienone is 2. The Morgan fingerprint density at radius 1 is 1.03 bits per heavy atom. The van der Waals surface area contributed by atoms with Crippen LogP contribution in [0, 0.1) is 11.7 Å². The van der Waals surface area contributed by atoms with Crippen LogP contribution in [-0.4, -0.2) is 30.7 Å². The van der Waals surface area contributed by atoms with Crippen LogP contribution >= 0.6 is 0 Å². The van der Waals surface area contributed by atoms with Crippen molar-refractivity contribution in [2.75, 3.05) is 7.11 Å². The summed E-state index contributed by atoms with van der Waals surface area (Å²) in [6.45, 7) is 1.79. The average molecular weight is 476 g/mol. The monoisotopic (exact) mass is 475 g/mol. The van der Waals surface area contributed by atoms with E-state index in [9.17, 15) is 9.59 Å². The van der Waals surface area contributed by atoms with E-state index in [0.717, 1.165) is 37.0 Å². The van der Waals surface area contributed by atoms with E-state index in [2.05, 4.69) is 0 Å². The second-order valence-electron chi connectivity index (χ2n) is 9.74. The minimum absolute atomic E-state index is 0.0352. The van der Waals surface area contributed by atoms with Crippen molar-refractivity contribution >= 4 is 17.5 Å². The summed E-state index contributed by atoms with van der Waals surface area (Å²) < 4.78 is 26.2. The topological polar surface area (TPSA) is 65.0 Å². The van der Waals surface area contributed by atoms with Gasteiger partial charge in [0, 0.05) is 29.3 Å². The fourth-order valence-corrected chi connectivity index (χ4v) is 5.78. The summed E-state index contributed by atoms with van der Waals surface area (Å²) in [5, 5.41) is 0. The van der Waals surface area contributed by atoms with E-state index < -0.39 is 23.6 Å². The molecule has 5 rings (SSSR count). The number of hydrogen-bond acceptors (Lipinski definition) is 5. The fraction of sp³-hybridized carbons (Fsp3) is 0.414. The molecule has 2 aliphatic carbocycles. The zero-order valence-corrected chi connectivity index (χ0v) is 20.1. The Balaban J connectivity index is 1.53. The van der Waals surface area contributed by atoms with Crippen LogP contribution in [0.25, 0.3) is 0 Å². The molecule has 0 aromatic heterocycles. The highest BCUT2D eigenvalue weighted by Crippen LogP contribution is 2.47. The standard InChI is InChI=1S/C29H30FNO4/c1-17-26(29(33)35-21-7-3-4-8-21)27(22-9-5-6-10-23(22)30)28-24(31-17)15-19(16-25(28)32)18-11-13-20(34-2)14-12-18/h5-6,9-14,19,21,26-27H,3-4,7-8,15-16H2,1-2H3/t19-,26?,27-/m1/s1. The lowest BCUT2D eigenvalue weighted by Crippen LogP contribution is -2.39. The van der Waals surface area contributed by atoms with Crippen molar-refractivity contribution in [2.45, 2.75) is 63.4 Å². The van der Waals surface area contributed by atoms with E-state index in [1.807, 2.05) is 24.3 Å². The Bertz CT molecular complexity index is 1190. The molecule has 0 radical (unpaired) electrons. The van der Waals surface area contributed by atoms with Crippen molar-refractivity contribution in [1.29, 1.82) is 0 Å². The molecule has 1 aliphatic heterocycles. The summed E-state index contributed by atoms with van der Waals surface area (Å²) in [5.41, 5.74) is 3.06. The van der Waals surface area contributed by atoms with Gasteiger partial charge in [-0.25, -0.2) is 4.39 Å². The molecule has 3 atom stereocenters. The van der Waals surface area contributed by atoms with Gasteiger partial charge < -0.3 is 9.47 Å². The van der Waals surface area contributed by atoms with Crippen LogP contribution in [0.1, 0.15) is 68.4 Å². The first-order chi connectivity index (χ1) is 17.0.